The third kappa shape index (κ3) is 4.10. The maximum absolute atomic E-state index is 12.3. The molecule has 4 aromatic rings. The number of halogens is 1. The van der Waals surface area contributed by atoms with Gasteiger partial charge in [-0.15, -0.1) is 0 Å². The van der Waals surface area contributed by atoms with Gasteiger partial charge >= 0.3 is 0 Å². The first-order chi connectivity index (χ1) is 16.6. The molecule has 0 radical (unpaired) electrons. The molecule has 11 heteroatoms. The Morgan fingerprint density at radius 2 is 2.03 bits per heavy atom. The van der Waals surface area contributed by atoms with Crippen LogP contribution in [0, 0.1) is 0 Å². The van der Waals surface area contributed by atoms with Gasteiger partial charge in [-0.2, -0.15) is 0 Å². The molecule has 2 N–H and O–H groups in total. The normalized spacial score (nSPS) is 15.1. The molecule has 0 saturated carbocycles. The number of carbonyl (C=O) groups excluding carboxylic acids is 1. The van der Waals surface area contributed by atoms with Gasteiger partial charge in [0.2, 0.25) is 5.91 Å². The zero-order valence-corrected chi connectivity index (χ0v) is 19.7. The van der Waals surface area contributed by atoms with Crippen molar-refractivity contribution in [1.29, 1.82) is 0 Å². The fourth-order valence-electron chi connectivity index (χ4n) is 4.42. The van der Waals surface area contributed by atoms with Crippen molar-refractivity contribution in [2.45, 2.75) is 13.0 Å². The van der Waals surface area contributed by atoms with E-state index in [4.69, 9.17) is 21.3 Å². The monoisotopic (exact) mass is 480 g/mol. The standard InChI is InChI=1S/C23H25ClN8O2/c1-14(30-23-20-22(27-12-26-20)28-13-29-23)16-10-17(24)15-4-3-5-25-19(15)21(16)32-8-6-31(7-9-32)18(33)11-34-2/h3-5,10,12-14H,6-9,11H2,1-2H3,(H2,26,27,28,29,30). The lowest BCUT2D eigenvalue weighted by Gasteiger charge is -2.38. The van der Waals surface area contributed by atoms with Crippen LogP contribution in [0.5, 0.6) is 0 Å². The molecular formula is C23H25ClN8O2. The molecular weight excluding hydrogens is 456 g/mol. The summed E-state index contributed by atoms with van der Waals surface area (Å²) in [5, 5.41) is 5.00. The number of imidazole rings is 1. The number of aromatic nitrogens is 5. The summed E-state index contributed by atoms with van der Waals surface area (Å²) in [6, 6.07) is 5.70. The summed E-state index contributed by atoms with van der Waals surface area (Å²) in [5.74, 6) is 0.639. The molecule has 0 aliphatic carbocycles. The highest BCUT2D eigenvalue weighted by atomic mass is 35.5. The largest absolute Gasteiger partial charge is 0.375 e. The molecule has 34 heavy (non-hydrogen) atoms. The molecule has 0 bridgehead atoms. The highest BCUT2D eigenvalue weighted by Gasteiger charge is 2.27. The third-order valence-electron chi connectivity index (χ3n) is 6.10. The van der Waals surface area contributed by atoms with E-state index in [2.05, 4.69) is 37.1 Å². The van der Waals surface area contributed by atoms with Gasteiger partial charge in [0.1, 0.15) is 18.5 Å². The Balaban J connectivity index is 1.51. The number of nitrogens with one attached hydrogen (secondary N) is 2. The predicted molar refractivity (Wildman–Crippen MR) is 131 cm³/mol. The molecule has 3 aromatic heterocycles. The van der Waals surface area contributed by atoms with Crippen LogP contribution in [0.15, 0.2) is 37.1 Å². The fourth-order valence-corrected chi connectivity index (χ4v) is 4.69. The number of nitrogens with zero attached hydrogens (tertiary/aromatic N) is 6. The lowest BCUT2D eigenvalue weighted by Crippen LogP contribution is -2.50. The fraction of sp³-hybridized carbons (Fsp3) is 0.348. The van der Waals surface area contributed by atoms with Crippen LogP contribution in [0.25, 0.3) is 22.1 Å². The Labute approximate surface area is 201 Å². The van der Waals surface area contributed by atoms with Crippen LogP contribution in [-0.4, -0.2) is 75.6 Å². The highest BCUT2D eigenvalue weighted by molar-refractivity contribution is 6.36. The molecule has 1 aromatic carbocycles. The molecule has 1 atom stereocenters. The number of anilines is 2. The number of hydrogen-bond acceptors (Lipinski definition) is 8. The summed E-state index contributed by atoms with van der Waals surface area (Å²) in [5.41, 5.74) is 4.18. The summed E-state index contributed by atoms with van der Waals surface area (Å²) >= 11 is 6.70. The van der Waals surface area contributed by atoms with E-state index >= 15 is 0 Å². The van der Waals surface area contributed by atoms with E-state index in [1.165, 1.54) is 13.4 Å². The molecule has 1 unspecified atom stereocenters. The number of H-pyrrole nitrogens is 1. The van der Waals surface area contributed by atoms with Gasteiger partial charge in [0, 0.05) is 50.4 Å². The molecule has 176 valence electrons. The van der Waals surface area contributed by atoms with Crippen molar-refractivity contribution in [3.8, 4) is 0 Å². The van der Waals surface area contributed by atoms with Gasteiger partial charge in [-0.05, 0) is 25.1 Å². The maximum atomic E-state index is 12.3. The molecule has 5 rings (SSSR count). The Hall–Kier alpha value is -3.50. The van der Waals surface area contributed by atoms with E-state index in [1.807, 2.05) is 23.1 Å². The van der Waals surface area contributed by atoms with Crippen LogP contribution in [-0.2, 0) is 9.53 Å². The number of hydrogen-bond donors (Lipinski definition) is 2. The number of fused-ring (bicyclic) bond motifs is 2. The van der Waals surface area contributed by atoms with E-state index in [-0.39, 0.29) is 18.6 Å². The zero-order chi connectivity index (χ0) is 23.7. The second kappa shape index (κ2) is 9.40. The molecule has 1 aliphatic rings. The minimum absolute atomic E-state index is 0.00304. The van der Waals surface area contributed by atoms with Crippen molar-refractivity contribution in [2.24, 2.45) is 0 Å². The summed E-state index contributed by atoms with van der Waals surface area (Å²) in [6.07, 6.45) is 4.88. The van der Waals surface area contributed by atoms with E-state index in [0.29, 0.717) is 48.2 Å². The lowest BCUT2D eigenvalue weighted by molar-refractivity contribution is -0.135. The van der Waals surface area contributed by atoms with Crippen molar-refractivity contribution in [3.05, 3.63) is 47.6 Å². The van der Waals surface area contributed by atoms with Gasteiger partial charge in [0.25, 0.3) is 0 Å². The highest BCUT2D eigenvalue weighted by Crippen LogP contribution is 2.39. The minimum atomic E-state index is -0.151. The second-order valence-corrected chi connectivity index (χ2v) is 8.59. The first-order valence-electron chi connectivity index (χ1n) is 11.1. The topological polar surface area (TPSA) is 112 Å². The van der Waals surface area contributed by atoms with Crippen molar-refractivity contribution in [2.75, 3.05) is 50.1 Å². The number of pyridine rings is 1. The minimum Gasteiger partial charge on any atom is -0.375 e. The summed E-state index contributed by atoms with van der Waals surface area (Å²) in [7, 11) is 1.54. The summed E-state index contributed by atoms with van der Waals surface area (Å²) in [4.78, 5) is 37.1. The van der Waals surface area contributed by atoms with Gasteiger partial charge in [-0.25, -0.2) is 15.0 Å². The number of piperazine rings is 1. The number of methoxy groups -OCH3 is 1. The number of rotatable bonds is 6. The van der Waals surface area contributed by atoms with Crippen LogP contribution < -0.4 is 10.2 Å². The lowest BCUT2D eigenvalue weighted by atomic mass is 10.0. The predicted octanol–water partition coefficient (Wildman–Crippen LogP) is 3.02. The van der Waals surface area contributed by atoms with E-state index < -0.39 is 0 Å². The Kier molecular flexibility index (Phi) is 6.16. The number of carbonyl (C=O) groups is 1. The second-order valence-electron chi connectivity index (χ2n) is 8.18. The van der Waals surface area contributed by atoms with E-state index in [0.717, 1.165) is 22.2 Å². The molecule has 1 saturated heterocycles. The van der Waals surface area contributed by atoms with Crippen LogP contribution in [0.2, 0.25) is 5.02 Å². The quantitative estimate of drug-likeness (QED) is 0.433. The number of ether oxygens (including phenoxy) is 1. The molecule has 1 aliphatic heterocycles. The maximum Gasteiger partial charge on any atom is 0.248 e. The van der Waals surface area contributed by atoms with Gasteiger partial charge < -0.3 is 24.8 Å². The molecule has 1 amide bonds. The number of benzene rings is 1. The first kappa shape index (κ1) is 22.3. The zero-order valence-electron chi connectivity index (χ0n) is 19.0. The van der Waals surface area contributed by atoms with Gasteiger partial charge in [-0.1, -0.05) is 11.6 Å². The number of amides is 1. The van der Waals surface area contributed by atoms with Crippen molar-refractivity contribution < 1.29 is 9.53 Å². The van der Waals surface area contributed by atoms with E-state index in [1.54, 1.807) is 12.5 Å². The summed E-state index contributed by atoms with van der Waals surface area (Å²) in [6.45, 7) is 4.74. The average Bonchev–Trinajstić information content (AvgIpc) is 3.34. The molecule has 1 fully saturated rings. The first-order valence-corrected chi connectivity index (χ1v) is 11.4. The molecule has 4 heterocycles. The Morgan fingerprint density at radius 3 is 2.82 bits per heavy atom. The van der Waals surface area contributed by atoms with Crippen molar-refractivity contribution >= 4 is 51.1 Å². The van der Waals surface area contributed by atoms with Crippen LogP contribution in [0.1, 0.15) is 18.5 Å². The average molecular weight is 481 g/mol. The van der Waals surface area contributed by atoms with Crippen molar-refractivity contribution in [3.63, 3.8) is 0 Å². The Bertz CT molecular complexity index is 1340. The third-order valence-corrected chi connectivity index (χ3v) is 6.41. The van der Waals surface area contributed by atoms with Gasteiger partial charge in [0.15, 0.2) is 11.5 Å². The SMILES string of the molecule is COCC(=O)N1CCN(c2c(C(C)Nc3ncnc4[nH]cnc34)cc(Cl)c3cccnc23)CC1. The van der Waals surface area contributed by atoms with Crippen LogP contribution >= 0.6 is 11.6 Å². The van der Waals surface area contributed by atoms with E-state index in [9.17, 15) is 4.79 Å². The number of aromatic amines is 1. The summed E-state index contributed by atoms with van der Waals surface area (Å²) < 4.78 is 5.02. The Morgan fingerprint density at radius 1 is 1.21 bits per heavy atom. The van der Waals surface area contributed by atoms with Crippen LogP contribution in [0.4, 0.5) is 11.5 Å². The molecule has 0 spiro atoms. The van der Waals surface area contributed by atoms with Gasteiger partial charge in [0.05, 0.1) is 28.6 Å². The van der Waals surface area contributed by atoms with Crippen molar-refractivity contribution in [1.82, 2.24) is 29.8 Å². The van der Waals surface area contributed by atoms with Gasteiger partial charge in [-0.3, -0.25) is 9.78 Å². The molecule has 10 nitrogen and oxygen atoms in total. The van der Waals surface area contributed by atoms with Crippen LogP contribution in [0.3, 0.4) is 0 Å². The smallest absolute Gasteiger partial charge is 0.248 e.